The topological polar surface area (TPSA) is 72.0 Å². The Morgan fingerprint density at radius 3 is 2.57 bits per heavy atom. The molecule has 2 N–H and O–H groups in total. The van der Waals surface area contributed by atoms with Crippen LogP contribution < -0.4 is 15.4 Å². The summed E-state index contributed by atoms with van der Waals surface area (Å²) < 4.78 is 19.0. The molecule has 112 valence electrons. The second-order valence-corrected chi connectivity index (χ2v) is 4.34. The van der Waals surface area contributed by atoms with Crippen LogP contribution in [0.25, 0.3) is 0 Å². The average Bonchev–Trinajstić information content (AvgIpc) is 2.47. The molecular formula is C14H18FN5O. The number of benzene rings is 1. The number of nitrogens with zero attached hydrogens (tertiary/aromatic N) is 3. The Morgan fingerprint density at radius 1 is 1.19 bits per heavy atom. The van der Waals surface area contributed by atoms with E-state index in [0.717, 1.165) is 0 Å². The average molecular weight is 291 g/mol. The molecule has 1 aromatic heterocycles. The number of hydrogen-bond donors (Lipinski definition) is 2. The van der Waals surface area contributed by atoms with E-state index in [4.69, 9.17) is 4.74 Å². The summed E-state index contributed by atoms with van der Waals surface area (Å²) in [6, 6.07) is 6.52. The Morgan fingerprint density at radius 2 is 1.90 bits per heavy atom. The molecule has 0 radical (unpaired) electrons. The van der Waals surface area contributed by atoms with Gasteiger partial charge >= 0.3 is 6.01 Å². The maximum atomic E-state index is 13.8. The summed E-state index contributed by atoms with van der Waals surface area (Å²) in [5.41, 5.74) is 0.543. The van der Waals surface area contributed by atoms with Gasteiger partial charge in [0.1, 0.15) is 5.82 Å². The number of hydrogen-bond acceptors (Lipinski definition) is 6. The summed E-state index contributed by atoms with van der Waals surface area (Å²) in [7, 11) is 1.70. The lowest BCUT2D eigenvalue weighted by Crippen LogP contribution is -2.13. The molecule has 0 saturated carbocycles. The molecule has 1 heterocycles. The Labute approximate surface area is 122 Å². The lowest BCUT2D eigenvalue weighted by molar-refractivity contribution is 0.312. The Kier molecular flexibility index (Phi) is 4.86. The molecule has 0 fully saturated rings. The van der Waals surface area contributed by atoms with Gasteiger partial charge < -0.3 is 15.4 Å². The zero-order valence-corrected chi connectivity index (χ0v) is 12.2. The van der Waals surface area contributed by atoms with Crippen LogP contribution in [0.3, 0.4) is 0 Å². The van der Waals surface area contributed by atoms with Crippen LogP contribution in [-0.2, 0) is 0 Å². The predicted molar refractivity (Wildman–Crippen MR) is 79.0 cm³/mol. The highest BCUT2D eigenvalue weighted by atomic mass is 19.1. The molecule has 0 aliphatic heterocycles. The summed E-state index contributed by atoms with van der Waals surface area (Å²) >= 11 is 0. The first-order chi connectivity index (χ1) is 10.1. The monoisotopic (exact) mass is 291 g/mol. The SMILES string of the molecule is CCOc1nc(NC)nc(NC(C)c2ccccc2F)n1. The van der Waals surface area contributed by atoms with E-state index in [1.807, 2.05) is 13.8 Å². The lowest BCUT2D eigenvalue weighted by atomic mass is 10.1. The van der Waals surface area contributed by atoms with E-state index in [1.54, 1.807) is 25.2 Å². The molecular weight excluding hydrogens is 273 g/mol. The number of aromatic nitrogens is 3. The number of ether oxygens (including phenoxy) is 1. The van der Waals surface area contributed by atoms with E-state index >= 15 is 0 Å². The van der Waals surface area contributed by atoms with Gasteiger partial charge in [0.2, 0.25) is 11.9 Å². The zero-order chi connectivity index (χ0) is 15.2. The molecule has 7 heteroatoms. The minimum atomic E-state index is -0.284. The van der Waals surface area contributed by atoms with Crippen LogP contribution >= 0.6 is 0 Å². The highest BCUT2D eigenvalue weighted by Crippen LogP contribution is 2.21. The molecule has 1 atom stereocenters. The molecule has 1 unspecified atom stereocenters. The van der Waals surface area contributed by atoms with Crippen LogP contribution in [0.4, 0.5) is 16.3 Å². The summed E-state index contributed by atoms with van der Waals surface area (Å²) in [6.07, 6.45) is 0. The van der Waals surface area contributed by atoms with E-state index in [0.29, 0.717) is 24.1 Å². The van der Waals surface area contributed by atoms with Crippen LogP contribution in [0.5, 0.6) is 6.01 Å². The van der Waals surface area contributed by atoms with Gasteiger partial charge in [-0.3, -0.25) is 0 Å². The van der Waals surface area contributed by atoms with Crippen LogP contribution in [0.1, 0.15) is 25.5 Å². The first kappa shape index (κ1) is 15.0. The number of rotatable bonds is 6. The van der Waals surface area contributed by atoms with Crippen molar-refractivity contribution in [3.05, 3.63) is 35.6 Å². The van der Waals surface area contributed by atoms with Crippen LogP contribution in [0.2, 0.25) is 0 Å². The van der Waals surface area contributed by atoms with Crippen molar-refractivity contribution in [2.45, 2.75) is 19.9 Å². The van der Waals surface area contributed by atoms with Crippen molar-refractivity contribution in [2.24, 2.45) is 0 Å². The van der Waals surface area contributed by atoms with E-state index < -0.39 is 0 Å². The highest BCUT2D eigenvalue weighted by Gasteiger charge is 2.13. The zero-order valence-electron chi connectivity index (χ0n) is 12.2. The second kappa shape index (κ2) is 6.83. The predicted octanol–water partition coefficient (Wildman–Crippen LogP) is 2.62. The van der Waals surface area contributed by atoms with Gasteiger partial charge in [0.25, 0.3) is 0 Å². The minimum Gasteiger partial charge on any atom is -0.464 e. The second-order valence-electron chi connectivity index (χ2n) is 4.34. The molecule has 2 rings (SSSR count). The van der Waals surface area contributed by atoms with Gasteiger partial charge in [-0.15, -0.1) is 0 Å². The third-order valence-electron chi connectivity index (χ3n) is 2.83. The maximum Gasteiger partial charge on any atom is 0.323 e. The number of halogens is 1. The molecule has 1 aromatic carbocycles. The van der Waals surface area contributed by atoms with Crippen molar-refractivity contribution >= 4 is 11.9 Å². The van der Waals surface area contributed by atoms with Crippen molar-refractivity contribution in [2.75, 3.05) is 24.3 Å². The Hall–Kier alpha value is -2.44. The summed E-state index contributed by atoms with van der Waals surface area (Å²) in [5, 5.41) is 5.88. The highest BCUT2D eigenvalue weighted by molar-refractivity contribution is 5.38. The van der Waals surface area contributed by atoms with Crippen LogP contribution in [0, 0.1) is 5.82 Å². The van der Waals surface area contributed by atoms with Gasteiger partial charge in [-0.1, -0.05) is 18.2 Å². The molecule has 21 heavy (non-hydrogen) atoms. The first-order valence-electron chi connectivity index (χ1n) is 6.71. The fourth-order valence-electron chi connectivity index (χ4n) is 1.82. The van der Waals surface area contributed by atoms with Gasteiger partial charge in [-0.25, -0.2) is 4.39 Å². The third kappa shape index (κ3) is 3.77. The first-order valence-corrected chi connectivity index (χ1v) is 6.71. The fraction of sp³-hybridized carbons (Fsp3) is 0.357. The van der Waals surface area contributed by atoms with Crippen molar-refractivity contribution < 1.29 is 9.13 Å². The van der Waals surface area contributed by atoms with Crippen molar-refractivity contribution in [1.82, 2.24) is 15.0 Å². The van der Waals surface area contributed by atoms with Crippen LogP contribution in [-0.4, -0.2) is 28.6 Å². The van der Waals surface area contributed by atoms with E-state index in [-0.39, 0.29) is 17.9 Å². The summed E-state index contributed by atoms with van der Waals surface area (Å²) in [5.74, 6) is 0.440. The van der Waals surface area contributed by atoms with E-state index in [1.165, 1.54) is 6.07 Å². The lowest BCUT2D eigenvalue weighted by Gasteiger charge is -2.15. The number of nitrogens with one attached hydrogen (secondary N) is 2. The van der Waals surface area contributed by atoms with Crippen molar-refractivity contribution in [3.8, 4) is 6.01 Å². The van der Waals surface area contributed by atoms with Gasteiger partial charge in [0, 0.05) is 12.6 Å². The number of anilines is 2. The third-order valence-corrected chi connectivity index (χ3v) is 2.83. The van der Waals surface area contributed by atoms with Crippen molar-refractivity contribution in [1.29, 1.82) is 0 Å². The Balaban J connectivity index is 2.22. The summed E-state index contributed by atoms with van der Waals surface area (Å²) in [6.45, 7) is 4.13. The van der Waals surface area contributed by atoms with E-state index in [2.05, 4.69) is 25.6 Å². The molecule has 0 aliphatic carbocycles. The van der Waals surface area contributed by atoms with Gasteiger partial charge in [-0.05, 0) is 19.9 Å². The Bertz CT molecular complexity index is 608. The van der Waals surface area contributed by atoms with Crippen LogP contribution in [0.15, 0.2) is 24.3 Å². The molecule has 0 saturated heterocycles. The molecule has 0 amide bonds. The van der Waals surface area contributed by atoms with Gasteiger partial charge in [-0.2, -0.15) is 15.0 Å². The molecule has 2 aromatic rings. The smallest absolute Gasteiger partial charge is 0.323 e. The normalized spacial score (nSPS) is 11.8. The molecule has 0 bridgehead atoms. The largest absolute Gasteiger partial charge is 0.464 e. The standard InChI is InChI=1S/C14H18FN5O/c1-4-21-14-19-12(16-3)18-13(20-14)17-9(2)10-7-5-6-8-11(10)15/h5-9H,4H2,1-3H3,(H2,16,17,18,19,20). The molecule has 6 nitrogen and oxygen atoms in total. The summed E-state index contributed by atoms with van der Waals surface area (Å²) in [4.78, 5) is 12.4. The molecule has 0 aliphatic rings. The fourth-order valence-corrected chi connectivity index (χ4v) is 1.82. The molecule has 0 spiro atoms. The quantitative estimate of drug-likeness (QED) is 0.852. The van der Waals surface area contributed by atoms with Gasteiger partial charge in [0.15, 0.2) is 0 Å². The van der Waals surface area contributed by atoms with Gasteiger partial charge in [0.05, 0.1) is 12.6 Å². The van der Waals surface area contributed by atoms with Crippen molar-refractivity contribution in [3.63, 3.8) is 0 Å². The maximum absolute atomic E-state index is 13.8. The van der Waals surface area contributed by atoms with E-state index in [9.17, 15) is 4.39 Å². The minimum absolute atomic E-state index is 0.222.